The van der Waals surface area contributed by atoms with Gasteiger partial charge in [-0.1, -0.05) is 5.16 Å². The number of nitrogens with one attached hydrogen (secondary N) is 1. The summed E-state index contributed by atoms with van der Waals surface area (Å²) in [5.74, 6) is -1.13. The summed E-state index contributed by atoms with van der Waals surface area (Å²) in [5, 5.41) is 16.8. The fourth-order valence-electron chi connectivity index (χ4n) is 1.26. The van der Waals surface area contributed by atoms with Crippen LogP contribution in [0.4, 0.5) is 5.00 Å². The van der Waals surface area contributed by atoms with Crippen LogP contribution in [0.5, 0.6) is 0 Å². The fraction of sp³-hybridized carbons (Fsp3) is 0.100. The molecule has 0 saturated heterocycles. The maximum Gasteiger partial charge on any atom is 0.338 e. The van der Waals surface area contributed by atoms with Crippen molar-refractivity contribution in [1.29, 1.82) is 0 Å². The Bertz CT molecular complexity index is 572. The number of thiophene rings is 1. The molecule has 2 aromatic rings. The van der Waals surface area contributed by atoms with E-state index in [2.05, 4.69) is 10.5 Å². The normalized spacial score (nSPS) is 10.2. The molecular weight excluding hydrogens is 244 g/mol. The largest absolute Gasteiger partial charge is 0.478 e. The minimum atomic E-state index is -1.08. The van der Waals surface area contributed by atoms with E-state index in [4.69, 9.17) is 9.63 Å². The second-order valence-electron chi connectivity index (χ2n) is 3.22. The van der Waals surface area contributed by atoms with Gasteiger partial charge in [0.2, 0.25) is 0 Å². The lowest BCUT2D eigenvalue weighted by atomic mass is 10.2. The minimum Gasteiger partial charge on any atom is -0.478 e. The van der Waals surface area contributed by atoms with Gasteiger partial charge < -0.3 is 14.9 Å². The SMILES string of the molecule is Cc1oncc1C(=O)Nc1sccc1C(=O)O. The molecule has 0 spiro atoms. The van der Waals surface area contributed by atoms with Crippen molar-refractivity contribution in [3.8, 4) is 0 Å². The third-order valence-corrected chi connectivity index (χ3v) is 2.95. The zero-order chi connectivity index (χ0) is 12.4. The highest BCUT2D eigenvalue weighted by Gasteiger charge is 2.17. The third kappa shape index (κ3) is 2.18. The maximum atomic E-state index is 11.8. The van der Waals surface area contributed by atoms with Crippen LogP contribution < -0.4 is 5.32 Å². The number of anilines is 1. The van der Waals surface area contributed by atoms with Gasteiger partial charge in [0, 0.05) is 0 Å². The molecule has 17 heavy (non-hydrogen) atoms. The quantitative estimate of drug-likeness (QED) is 0.871. The molecule has 2 heterocycles. The average molecular weight is 252 g/mol. The first kappa shape index (κ1) is 11.3. The van der Waals surface area contributed by atoms with E-state index < -0.39 is 11.9 Å². The van der Waals surface area contributed by atoms with Gasteiger partial charge >= 0.3 is 5.97 Å². The summed E-state index contributed by atoms with van der Waals surface area (Å²) in [6.07, 6.45) is 1.29. The summed E-state index contributed by atoms with van der Waals surface area (Å²) in [6, 6.07) is 1.43. The first-order valence-electron chi connectivity index (χ1n) is 4.63. The molecule has 0 fully saturated rings. The molecule has 2 N–H and O–H groups in total. The van der Waals surface area contributed by atoms with Crippen molar-refractivity contribution in [3.63, 3.8) is 0 Å². The van der Waals surface area contributed by atoms with E-state index >= 15 is 0 Å². The van der Waals surface area contributed by atoms with Gasteiger partial charge in [-0.25, -0.2) is 4.79 Å². The third-order valence-electron chi connectivity index (χ3n) is 2.12. The van der Waals surface area contributed by atoms with Crippen molar-refractivity contribution >= 4 is 28.2 Å². The summed E-state index contributed by atoms with van der Waals surface area (Å²) in [6.45, 7) is 1.61. The van der Waals surface area contributed by atoms with E-state index in [0.29, 0.717) is 10.8 Å². The van der Waals surface area contributed by atoms with Crippen molar-refractivity contribution in [3.05, 3.63) is 34.5 Å². The van der Waals surface area contributed by atoms with Crippen LogP contribution in [0.2, 0.25) is 0 Å². The van der Waals surface area contributed by atoms with E-state index in [-0.39, 0.29) is 11.1 Å². The molecule has 88 valence electrons. The van der Waals surface area contributed by atoms with E-state index in [1.54, 1.807) is 12.3 Å². The summed E-state index contributed by atoms with van der Waals surface area (Å²) >= 11 is 1.15. The summed E-state index contributed by atoms with van der Waals surface area (Å²) in [5.41, 5.74) is 0.354. The molecule has 0 aliphatic heterocycles. The van der Waals surface area contributed by atoms with Crippen molar-refractivity contribution in [2.24, 2.45) is 0 Å². The lowest BCUT2D eigenvalue weighted by molar-refractivity contribution is 0.0698. The zero-order valence-corrected chi connectivity index (χ0v) is 9.58. The number of aromatic nitrogens is 1. The molecule has 0 atom stereocenters. The van der Waals surface area contributed by atoms with Gasteiger partial charge in [0.25, 0.3) is 5.91 Å². The van der Waals surface area contributed by atoms with E-state index in [1.807, 2.05) is 0 Å². The molecule has 0 aromatic carbocycles. The number of carbonyl (C=O) groups is 2. The highest BCUT2D eigenvalue weighted by atomic mass is 32.1. The van der Waals surface area contributed by atoms with Crippen LogP contribution in [-0.2, 0) is 0 Å². The maximum absolute atomic E-state index is 11.8. The minimum absolute atomic E-state index is 0.0671. The number of hydrogen-bond acceptors (Lipinski definition) is 5. The number of amides is 1. The Morgan fingerprint density at radius 2 is 2.24 bits per heavy atom. The number of carbonyl (C=O) groups excluding carboxylic acids is 1. The first-order chi connectivity index (χ1) is 8.09. The van der Waals surface area contributed by atoms with Gasteiger partial charge in [-0.15, -0.1) is 11.3 Å². The number of aromatic carboxylic acids is 1. The lowest BCUT2D eigenvalue weighted by Gasteiger charge is -2.02. The molecule has 0 aliphatic carbocycles. The van der Waals surface area contributed by atoms with Crippen LogP contribution in [0.25, 0.3) is 0 Å². The number of carboxylic acids is 1. The summed E-state index contributed by atoms with van der Waals surface area (Å²) < 4.78 is 4.76. The van der Waals surface area contributed by atoms with Crippen molar-refractivity contribution in [1.82, 2.24) is 5.16 Å². The number of nitrogens with zero attached hydrogens (tertiary/aromatic N) is 1. The second kappa shape index (κ2) is 4.38. The Balaban J connectivity index is 2.22. The molecule has 1 amide bonds. The van der Waals surface area contributed by atoms with Crippen LogP contribution in [-0.4, -0.2) is 22.1 Å². The Kier molecular flexibility index (Phi) is 2.92. The van der Waals surface area contributed by atoms with Crippen molar-refractivity contribution in [2.45, 2.75) is 6.92 Å². The van der Waals surface area contributed by atoms with Gasteiger partial charge in [-0.2, -0.15) is 0 Å². The van der Waals surface area contributed by atoms with Gasteiger partial charge in [-0.3, -0.25) is 4.79 Å². The van der Waals surface area contributed by atoms with Crippen molar-refractivity contribution in [2.75, 3.05) is 5.32 Å². The molecule has 0 aliphatic rings. The lowest BCUT2D eigenvalue weighted by Crippen LogP contribution is -2.13. The molecule has 0 saturated carbocycles. The van der Waals surface area contributed by atoms with Gasteiger partial charge in [-0.05, 0) is 18.4 Å². The average Bonchev–Trinajstić information content (AvgIpc) is 2.86. The predicted octanol–water partition coefficient (Wildman–Crippen LogP) is 2.00. The highest BCUT2D eigenvalue weighted by molar-refractivity contribution is 7.14. The molecule has 0 radical (unpaired) electrons. The molecule has 0 unspecified atom stereocenters. The van der Waals surface area contributed by atoms with Crippen LogP contribution >= 0.6 is 11.3 Å². The predicted molar refractivity (Wildman–Crippen MR) is 60.5 cm³/mol. The second-order valence-corrected chi connectivity index (χ2v) is 4.13. The number of rotatable bonds is 3. The van der Waals surface area contributed by atoms with E-state index in [0.717, 1.165) is 11.3 Å². The standard InChI is InChI=1S/C10H8N2O4S/c1-5-7(4-11-16-5)8(13)12-9-6(10(14)15)2-3-17-9/h2-4H,1H3,(H,12,13)(H,14,15). The van der Waals surface area contributed by atoms with Crippen LogP contribution in [0.1, 0.15) is 26.5 Å². The van der Waals surface area contributed by atoms with Gasteiger partial charge in [0.15, 0.2) is 0 Å². The van der Waals surface area contributed by atoms with Crippen molar-refractivity contribution < 1.29 is 19.2 Å². The number of carboxylic acid groups (broad SMARTS) is 1. The van der Waals surface area contributed by atoms with Gasteiger partial charge in [0.1, 0.15) is 16.3 Å². The van der Waals surface area contributed by atoms with Crippen LogP contribution in [0.15, 0.2) is 22.2 Å². The Morgan fingerprint density at radius 1 is 1.47 bits per heavy atom. The van der Waals surface area contributed by atoms with E-state index in [1.165, 1.54) is 12.3 Å². The smallest absolute Gasteiger partial charge is 0.338 e. The monoisotopic (exact) mass is 252 g/mol. The van der Waals surface area contributed by atoms with Crippen LogP contribution in [0.3, 0.4) is 0 Å². The first-order valence-corrected chi connectivity index (χ1v) is 5.51. The van der Waals surface area contributed by atoms with Gasteiger partial charge in [0.05, 0.1) is 11.8 Å². The molecule has 0 bridgehead atoms. The highest BCUT2D eigenvalue weighted by Crippen LogP contribution is 2.24. The molecular formula is C10H8N2O4S. The number of hydrogen-bond donors (Lipinski definition) is 2. The van der Waals surface area contributed by atoms with Crippen LogP contribution in [0, 0.1) is 6.92 Å². The summed E-state index contributed by atoms with van der Waals surface area (Å²) in [4.78, 5) is 22.6. The topological polar surface area (TPSA) is 92.4 Å². The Morgan fingerprint density at radius 3 is 2.82 bits per heavy atom. The molecule has 7 heteroatoms. The zero-order valence-electron chi connectivity index (χ0n) is 8.76. The molecule has 2 rings (SSSR count). The van der Waals surface area contributed by atoms with E-state index in [9.17, 15) is 9.59 Å². The Hall–Kier alpha value is -2.15. The Labute approximate surface area is 99.9 Å². The number of aryl methyl sites for hydroxylation is 1. The molecule has 6 nitrogen and oxygen atoms in total. The summed E-state index contributed by atoms with van der Waals surface area (Å²) in [7, 11) is 0. The molecule has 2 aromatic heterocycles. The fourth-order valence-corrected chi connectivity index (χ4v) is 2.04.